The van der Waals surface area contributed by atoms with Crippen LogP contribution in [-0.2, 0) is 4.79 Å². The van der Waals surface area contributed by atoms with Gasteiger partial charge in [-0.05, 0) is 31.1 Å². The number of piperidine rings is 1. The molecule has 1 saturated carbocycles. The summed E-state index contributed by atoms with van der Waals surface area (Å²) in [5.74, 6) is 1.72. The molecule has 3 nitrogen and oxygen atoms in total. The van der Waals surface area contributed by atoms with Gasteiger partial charge in [-0.25, -0.2) is 0 Å². The summed E-state index contributed by atoms with van der Waals surface area (Å²) in [7, 11) is 0. The molecule has 1 heterocycles. The Kier molecular flexibility index (Phi) is 7.90. The molecule has 20 heavy (non-hydrogen) atoms. The third-order valence-electron chi connectivity index (χ3n) is 5.17. The van der Waals surface area contributed by atoms with E-state index in [0.29, 0.717) is 18.4 Å². The van der Waals surface area contributed by atoms with E-state index < -0.39 is 0 Å². The van der Waals surface area contributed by atoms with E-state index in [4.69, 9.17) is 5.73 Å². The number of halogens is 1. The Bertz CT molecular complexity index is 292. The predicted octanol–water partition coefficient (Wildman–Crippen LogP) is 3.35. The van der Waals surface area contributed by atoms with Crippen LogP contribution in [0, 0.1) is 11.8 Å². The molecule has 2 rings (SSSR count). The van der Waals surface area contributed by atoms with Gasteiger partial charge >= 0.3 is 0 Å². The lowest BCUT2D eigenvalue weighted by atomic mass is 9.85. The molecule has 4 heteroatoms. The maximum Gasteiger partial charge on any atom is 0.222 e. The van der Waals surface area contributed by atoms with Crippen molar-refractivity contribution in [2.75, 3.05) is 13.1 Å². The van der Waals surface area contributed by atoms with Gasteiger partial charge in [0.2, 0.25) is 5.91 Å². The van der Waals surface area contributed by atoms with E-state index in [2.05, 4.69) is 11.8 Å². The molecule has 2 atom stereocenters. The Morgan fingerprint density at radius 3 is 2.50 bits per heavy atom. The first kappa shape index (κ1) is 17.8. The summed E-state index contributed by atoms with van der Waals surface area (Å²) in [4.78, 5) is 14.5. The Hall–Kier alpha value is -0.280. The molecule has 2 unspecified atom stereocenters. The molecule has 2 N–H and O–H groups in total. The van der Waals surface area contributed by atoms with Gasteiger partial charge in [0.05, 0.1) is 0 Å². The molecule has 0 spiro atoms. The van der Waals surface area contributed by atoms with Crippen molar-refractivity contribution in [3.8, 4) is 0 Å². The lowest BCUT2D eigenvalue weighted by Crippen LogP contribution is -2.51. The molecule has 1 aliphatic carbocycles. The van der Waals surface area contributed by atoms with Gasteiger partial charge in [0, 0.05) is 25.6 Å². The zero-order valence-corrected chi connectivity index (χ0v) is 13.7. The monoisotopic (exact) mass is 302 g/mol. The van der Waals surface area contributed by atoms with Crippen LogP contribution in [0.4, 0.5) is 0 Å². The van der Waals surface area contributed by atoms with E-state index in [-0.39, 0.29) is 18.4 Å². The number of amides is 1. The van der Waals surface area contributed by atoms with Crippen molar-refractivity contribution in [1.29, 1.82) is 0 Å². The summed E-state index contributed by atoms with van der Waals surface area (Å²) in [6.45, 7) is 3.78. The Morgan fingerprint density at radius 2 is 1.85 bits per heavy atom. The fraction of sp³-hybridized carbons (Fsp3) is 0.938. The molecule has 0 aromatic carbocycles. The molecule has 0 aromatic heterocycles. The Labute approximate surface area is 130 Å². The lowest BCUT2D eigenvalue weighted by molar-refractivity contribution is -0.136. The normalized spacial score (nSPS) is 28.0. The van der Waals surface area contributed by atoms with Crippen molar-refractivity contribution in [3.63, 3.8) is 0 Å². The first-order valence-electron chi connectivity index (χ1n) is 8.22. The maximum absolute atomic E-state index is 12.4. The van der Waals surface area contributed by atoms with Crippen LogP contribution in [-0.4, -0.2) is 29.9 Å². The minimum atomic E-state index is 0. The summed E-state index contributed by atoms with van der Waals surface area (Å²) < 4.78 is 0. The zero-order valence-electron chi connectivity index (χ0n) is 12.9. The van der Waals surface area contributed by atoms with E-state index in [1.165, 1.54) is 38.5 Å². The number of carbonyl (C=O) groups excluding carboxylic acids is 1. The standard InChI is InChI=1S/C16H30N2O.ClH/c1-13-6-5-11-18(15(13)12-17)16(19)10-9-14-7-3-2-4-8-14;/h13-15H,2-12,17H2,1H3;1H. The molecule has 118 valence electrons. The SMILES string of the molecule is CC1CCCN(C(=O)CCC2CCCCC2)C1CN.Cl. The largest absolute Gasteiger partial charge is 0.338 e. The molecule has 2 aliphatic rings. The topological polar surface area (TPSA) is 46.3 Å². The summed E-state index contributed by atoms with van der Waals surface area (Å²) in [5.41, 5.74) is 5.87. The van der Waals surface area contributed by atoms with Gasteiger partial charge in [0.15, 0.2) is 0 Å². The molecule has 2 fully saturated rings. The van der Waals surface area contributed by atoms with Crippen LogP contribution in [0.15, 0.2) is 0 Å². The molecule has 0 aromatic rings. The fourth-order valence-corrected chi connectivity index (χ4v) is 3.87. The summed E-state index contributed by atoms with van der Waals surface area (Å²) in [6.07, 6.45) is 11.0. The third kappa shape index (κ3) is 4.63. The number of rotatable bonds is 4. The highest BCUT2D eigenvalue weighted by molar-refractivity contribution is 5.85. The van der Waals surface area contributed by atoms with E-state index >= 15 is 0 Å². The third-order valence-corrected chi connectivity index (χ3v) is 5.17. The van der Waals surface area contributed by atoms with Crippen molar-refractivity contribution in [2.24, 2.45) is 17.6 Å². The van der Waals surface area contributed by atoms with Crippen LogP contribution in [0.5, 0.6) is 0 Å². The van der Waals surface area contributed by atoms with E-state index in [1.54, 1.807) is 0 Å². The number of hydrogen-bond donors (Lipinski definition) is 1. The minimum Gasteiger partial charge on any atom is -0.338 e. The lowest BCUT2D eigenvalue weighted by Gasteiger charge is -2.39. The van der Waals surface area contributed by atoms with Crippen LogP contribution < -0.4 is 5.73 Å². The second-order valence-electron chi connectivity index (χ2n) is 6.55. The molecule has 1 saturated heterocycles. The summed E-state index contributed by atoms with van der Waals surface area (Å²) in [5, 5.41) is 0. The van der Waals surface area contributed by atoms with Crippen molar-refractivity contribution < 1.29 is 4.79 Å². The predicted molar refractivity (Wildman–Crippen MR) is 86.0 cm³/mol. The summed E-state index contributed by atoms with van der Waals surface area (Å²) in [6, 6.07) is 0.285. The number of carbonyl (C=O) groups is 1. The number of nitrogens with two attached hydrogens (primary N) is 1. The van der Waals surface area contributed by atoms with Gasteiger partial charge in [-0.2, -0.15) is 0 Å². The van der Waals surface area contributed by atoms with Crippen LogP contribution >= 0.6 is 12.4 Å². The van der Waals surface area contributed by atoms with Crippen molar-refractivity contribution in [2.45, 2.75) is 70.8 Å². The molecular weight excluding hydrogens is 272 g/mol. The number of nitrogens with zero attached hydrogens (tertiary/aromatic N) is 1. The first-order valence-corrected chi connectivity index (χ1v) is 8.22. The summed E-state index contributed by atoms with van der Waals surface area (Å²) >= 11 is 0. The number of likely N-dealkylation sites (tertiary alicyclic amines) is 1. The van der Waals surface area contributed by atoms with Crippen LogP contribution in [0.3, 0.4) is 0 Å². The van der Waals surface area contributed by atoms with Crippen molar-refractivity contribution >= 4 is 18.3 Å². The van der Waals surface area contributed by atoms with Gasteiger partial charge in [-0.15, -0.1) is 12.4 Å². The fourth-order valence-electron chi connectivity index (χ4n) is 3.87. The average molecular weight is 303 g/mol. The highest BCUT2D eigenvalue weighted by Crippen LogP contribution is 2.29. The van der Waals surface area contributed by atoms with Crippen molar-refractivity contribution in [3.05, 3.63) is 0 Å². The van der Waals surface area contributed by atoms with E-state index in [0.717, 1.165) is 31.7 Å². The van der Waals surface area contributed by atoms with Gasteiger partial charge in [0.25, 0.3) is 0 Å². The van der Waals surface area contributed by atoms with E-state index in [9.17, 15) is 4.79 Å². The molecule has 0 bridgehead atoms. The van der Waals surface area contributed by atoms with Gasteiger partial charge in [-0.3, -0.25) is 4.79 Å². The second kappa shape index (κ2) is 8.89. The van der Waals surface area contributed by atoms with Crippen molar-refractivity contribution in [1.82, 2.24) is 4.90 Å². The van der Waals surface area contributed by atoms with Gasteiger partial charge in [0.1, 0.15) is 0 Å². The Morgan fingerprint density at radius 1 is 1.15 bits per heavy atom. The molecule has 1 aliphatic heterocycles. The van der Waals surface area contributed by atoms with Crippen LogP contribution in [0.1, 0.15) is 64.7 Å². The molecule has 1 amide bonds. The highest BCUT2D eigenvalue weighted by atomic mass is 35.5. The maximum atomic E-state index is 12.4. The van der Waals surface area contributed by atoms with E-state index in [1.807, 2.05) is 0 Å². The van der Waals surface area contributed by atoms with Crippen LogP contribution in [0.2, 0.25) is 0 Å². The minimum absolute atomic E-state index is 0. The molecule has 0 radical (unpaired) electrons. The highest BCUT2D eigenvalue weighted by Gasteiger charge is 2.30. The Balaban J connectivity index is 0.00000200. The van der Waals surface area contributed by atoms with Crippen LogP contribution in [0.25, 0.3) is 0 Å². The van der Waals surface area contributed by atoms with Gasteiger partial charge in [-0.1, -0.05) is 39.0 Å². The number of hydrogen-bond acceptors (Lipinski definition) is 2. The average Bonchev–Trinajstić information content (AvgIpc) is 2.45. The molecular formula is C16H31ClN2O. The van der Waals surface area contributed by atoms with Gasteiger partial charge < -0.3 is 10.6 Å². The smallest absolute Gasteiger partial charge is 0.222 e. The first-order chi connectivity index (χ1) is 9.22. The second-order valence-corrected chi connectivity index (χ2v) is 6.55. The quantitative estimate of drug-likeness (QED) is 0.865. The zero-order chi connectivity index (χ0) is 13.7.